The maximum absolute atomic E-state index is 12.2. The lowest BCUT2D eigenvalue weighted by atomic mass is 9.76. The van der Waals surface area contributed by atoms with E-state index in [9.17, 15) is 14.7 Å². The summed E-state index contributed by atoms with van der Waals surface area (Å²) in [4.78, 5) is 23.8. The Bertz CT molecular complexity index is 527. The van der Waals surface area contributed by atoms with Gasteiger partial charge in [-0.1, -0.05) is 24.9 Å². The van der Waals surface area contributed by atoms with E-state index in [1.54, 1.807) is 0 Å². The Hall–Kier alpha value is -1.89. The first-order valence-corrected chi connectivity index (χ1v) is 6.97. The predicted molar refractivity (Wildman–Crippen MR) is 72.7 cm³/mol. The lowest BCUT2D eigenvalue weighted by Gasteiger charge is -2.36. The third kappa shape index (κ3) is 3.41. The van der Waals surface area contributed by atoms with Gasteiger partial charge in [-0.15, -0.1) is 0 Å². The Morgan fingerprint density at radius 3 is 3.00 bits per heavy atom. The number of methoxy groups -OCH3 is 1. The number of ether oxygens (including phenoxy) is 1. The summed E-state index contributed by atoms with van der Waals surface area (Å²) < 4.78 is 9.83. The SMILES string of the molecule is COCc1cc(C(=O)NC2(C(=O)O)CCCC(C)C2)no1. The van der Waals surface area contributed by atoms with Crippen LogP contribution in [0.15, 0.2) is 10.6 Å². The standard InChI is InChI=1S/C14H20N2O5/c1-9-4-3-5-14(7-9,13(18)19)15-12(17)11-6-10(8-20-2)21-16-11/h6,9H,3-5,7-8H2,1-2H3,(H,15,17)(H,18,19). The Balaban J connectivity index is 2.12. The number of aliphatic carboxylic acids is 1. The van der Waals surface area contributed by atoms with Crippen molar-refractivity contribution in [3.8, 4) is 0 Å². The second kappa shape index (κ2) is 6.26. The molecule has 0 saturated heterocycles. The van der Waals surface area contributed by atoms with Crippen LogP contribution in [0.25, 0.3) is 0 Å². The van der Waals surface area contributed by atoms with Crippen LogP contribution in [0.1, 0.15) is 48.9 Å². The van der Waals surface area contributed by atoms with Crippen LogP contribution in [0.3, 0.4) is 0 Å². The number of carbonyl (C=O) groups excluding carboxylic acids is 1. The Morgan fingerprint density at radius 1 is 1.62 bits per heavy atom. The van der Waals surface area contributed by atoms with Crippen LogP contribution < -0.4 is 5.32 Å². The van der Waals surface area contributed by atoms with E-state index in [4.69, 9.17) is 9.26 Å². The molecule has 1 saturated carbocycles. The minimum Gasteiger partial charge on any atom is -0.480 e. The first-order chi connectivity index (χ1) is 9.97. The summed E-state index contributed by atoms with van der Waals surface area (Å²) in [7, 11) is 1.51. The van der Waals surface area contributed by atoms with Gasteiger partial charge in [-0.25, -0.2) is 4.79 Å². The highest BCUT2D eigenvalue weighted by Crippen LogP contribution is 2.32. The van der Waals surface area contributed by atoms with E-state index < -0.39 is 17.4 Å². The number of nitrogens with zero attached hydrogens (tertiary/aromatic N) is 1. The van der Waals surface area contributed by atoms with E-state index in [1.807, 2.05) is 6.92 Å². The van der Waals surface area contributed by atoms with Crippen LogP contribution >= 0.6 is 0 Å². The van der Waals surface area contributed by atoms with Crippen molar-refractivity contribution in [3.63, 3.8) is 0 Å². The number of aromatic nitrogens is 1. The van der Waals surface area contributed by atoms with Crippen molar-refractivity contribution in [2.75, 3.05) is 7.11 Å². The number of nitrogens with one attached hydrogen (secondary N) is 1. The molecule has 1 amide bonds. The molecule has 21 heavy (non-hydrogen) atoms. The molecule has 1 aliphatic carbocycles. The number of carbonyl (C=O) groups is 2. The third-order valence-electron chi connectivity index (χ3n) is 3.84. The zero-order valence-electron chi connectivity index (χ0n) is 12.2. The van der Waals surface area contributed by atoms with Crippen molar-refractivity contribution in [2.24, 2.45) is 5.92 Å². The molecule has 2 atom stereocenters. The molecule has 1 fully saturated rings. The van der Waals surface area contributed by atoms with E-state index in [1.165, 1.54) is 13.2 Å². The fourth-order valence-electron chi connectivity index (χ4n) is 2.82. The second-order valence-electron chi connectivity index (χ2n) is 5.65. The van der Waals surface area contributed by atoms with Crippen molar-refractivity contribution in [2.45, 2.75) is 44.8 Å². The molecule has 7 heteroatoms. The monoisotopic (exact) mass is 296 g/mol. The summed E-state index contributed by atoms with van der Waals surface area (Å²) in [6.45, 7) is 2.21. The van der Waals surface area contributed by atoms with Crippen LogP contribution in [0, 0.1) is 5.92 Å². The number of hydrogen-bond donors (Lipinski definition) is 2. The smallest absolute Gasteiger partial charge is 0.329 e. The Kier molecular flexibility index (Phi) is 4.62. The van der Waals surface area contributed by atoms with Gasteiger partial charge in [0.15, 0.2) is 11.5 Å². The number of carboxylic acids is 1. The van der Waals surface area contributed by atoms with E-state index >= 15 is 0 Å². The molecule has 0 aromatic carbocycles. The van der Waals surface area contributed by atoms with Crippen LogP contribution in [0.4, 0.5) is 0 Å². The van der Waals surface area contributed by atoms with E-state index in [0.717, 1.165) is 12.8 Å². The largest absolute Gasteiger partial charge is 0.480 e. The van der Waals surface area contributed by atoms with Gasteiger partial charge in [-0.3, -0.25) is 4.79 Å². The molecular formula is C14H20N2O5. The molecule has 116 valence electrons. The molecular weight excluding hydrogens is 276 g/mol. The van der Waals surface area contributed by atoms with E-state index in [-0.39, 0.29) is 18.2 Å². The summed E-state index contributed by atoms with van der Waals surface area (Å²) in [5, 5.41) is 15.8. The summed E-state index contributed by atoms with van der Waals surface area (Å²) in [6.07, 6.45) is 2.62. The highest BCUT2D eigenvalue weighted by molar-refractivity contribution is 5.96. The van der Waals surface area contributed by atoms with Crippen molar-refractivity contribution in [1.82, 2.24) is 10.5 Å². The molecule has 2 unspecified atom stereocenters. The number of rotatable bonds is 5. The Morgan fingerprint density at radius 2 is 2.38 bits per heavy atom. The summed E-state index contributed by atoms with van der Waals surface area (Å²) in [5.74, 6) is -0.846. The molecule has 0 bridgehead atoms. The van der Waals surface area contributed by atoms with E-state index in [2.05, 4.69) is 10.5 Å². The zero-order chi connectivity index (χ0) is 15.5. The van der Waals surface area contributed by atoms with Gasteiger partial charge in [-0.05, 0) is 18.8 Å². The molecule has 0 radical (unpaired) electrons. The quantitative estimate of drug-likeness (QED) is 0.855. The van der Waals surface area contributed by atoms with E-state index in [0.29, 0.717) is 18.6 Å². The summed E-state index contributed by atoms with van der Waals surface area (Å²) in [6, 6.07) is 1.46. The van der Waals surface area contributed by atoms with Crippen LogP contribution in [0.2, 0.25) is 0 Å². The first-order valence-electron chi connectivity index (χ1n) is 6.97. The van der Waals surface area contributed by atoms with Gasteiger partial charge in [0.25, 0.3) is 5.91 Å². The number of carboxylic acid groups (broad SMARTS) is 1. The molecule has 2 N–H and O–H groups in total. The number of amides is 1. The minimum absolute atomic E-state index is 0.0703. The van der Waals surface area contributed by atoms with Crippen molar-refractivity contribution < 1.29 is 24.0 Å². The highest BCUT2D eigenvalue weighted by atomic mass is 16.5. The van der Waals surface area contributed by atoms with Gasteiger partial charge in [0.05, 0.1) is 0 Å². The fraction of sp³-hybridized carbons (Fsp3) is 0.643. The maximum atomic E-state index is 12.2. The average Bonchev–Trinajstić information content (AvgIpc) is 2.87. The summed E-state index contributed by atoms with van der Waals surface area (Å²) in [5.41, 5.74) is -1.14. The first kappa shape index (κ1) is 15.5. The number of hydrogen-bond acceptors (Lipinski definition) is 5. The summed E-state index contributed by atoms with van der Waals surface area (Å²) >= 11 is 0. The molecule has 0 spiro atoms. The molecule has 1 aliphatic rings. The van der Waals surface area contributed by atoms with Gasteiger partial charge in [0, 0.05) is 13.2 Å². The Labute approximate surface area is 122 Å². The van der Waals surface area contributed by atoms with Crippen molar-refractivity contribution in [3.05, 3.63) is 17.5 Å². The zero-order valence-corrected chi connectivity index (χ0v) is 12.2. The van der Waals surface area contributed by atoms with Gasteiger partial charge >= 0.3 is 5.97 Å². The topological polar surface area (TPSA) is 102 Å². The lowest BCUT2D eigenvalue weighted by molar-refractivity contribution is -0.146. The predicted octanol–water partition coefficient (Wildman–Crippen LogP) is 1.58. The van der Waals surface area contributed by atoms with Gasteiger partial charge in [-0.2, -0.15) is 0 Å². The van der Waals surface area contributed by atoms with Crippen LogP contribution in [-0.2, 0) is 16.1 Å². The van der Waals surface area contributed by atoms with Gasteiger partial charge < -0.3 is 19.7 Å². The third-order valence-corrected chi connectivity index (χ3v) is 3.84. The molecule has 7 nitrogen and oxygen atoms in total. The van der Waals surface area contributed by atoms with Crippen LogP contribution in [0.5, 0.6) is 0 Å². The molecule has 2 rings (SSSR count). The molecule has 1 aromatic rings. The second-order valence-corrected chi connectivity index (χ2v) is 5.65. The molecule has 1 aromatic heterocycles. The maximum Gasteiger partial charge on any atom is 0.329 e. The van der Waals surface area contributed by atoms with Crippen LogP contribution in [-0.4, -0.2) is 34.8 Å². The highest BCUT2D eigenvalue weighted by Gasteiger charge is 2.43. The van der Waals surface area contributed by atoms with Gasteiger partial charge in [0.1, 0.15) is 12.1 Å². The van der Waals surface area contributed by atoms with Crippen molar-refractivity contribution >= 4 is 11.9 Å². The molecule has 1 heterocycles. The van der Waals surface area contributed by atoms with Gasteiger partial charge in [0.2, 0.25) is 0 Å². The normalized spacial score (nSPS) is 25.5. The van der Waals surface area contributed by atoms with Crippen molar-refractivity contribution in [1.29, 1.82) is 0 Å². The fourth-order valence-corrected chi connectivity index (χ4v) is 2.82. The average molecular weight is 296 g/mol. The minimum atomic E-state index is -1.21. The molecule has 0 aliphatic heterocycles. The lowest BCUT2D eigenvalue weighted by Crippen LogP contribution is -2.56.